The van der Waals surface area contributed by atoms with Crippen molar-refractivity contribution in [3.63, 3.8) is 0 Å². The van der Waals surface area contributed by atoms with Crippen LogP contribution in [0.3, 0.4) is 0 Å². The summed E-state index contributed by atoms with van der Waals surface area (Å²) in [5.74, 6) is 0. The molecule has 0 atom stereocenters. The van der Waals surface area contributed by atoms with Gasteiger partial charge < -0.3 is 38.5 Å². The Morgan fingerprint density at radius 3 is 0.714 bits per heavy atom. The molecule has 0 amide bonds. The Labute approximate surface area is 185 Å². The summed E-state index contributed by atoms with van der Waals surface area (Å²) in [7, 11) is -10.8. The smallest absolute Gasteiger partial charge is 0.822 e. The van der Waals surface area contributed by atoms with E-state index in [4.69, 9.17) is 38.5 Å². The van der Waals surface area contributed by atoms with Crippen LogP contribution >= 0.6 is 15.6 Å². The maximum absolute atomic E-state index is 8.55. The average Bonchev–Trinajstić information content (AvgIpc) is 1.12. The molecule has 0 aliphatic rings. The summed E-state index contributed by atoms with van der Waals surface area (Å²) in [4.78, 5) is 51.3. The predicted molar refractivity (Wildman–Crippen MR) is 21.0 cm³/mol. The van der Waals surface area contributed by atoms with E-state index in [0.29, 0.717) is 0 Å². The molecule has 0 radical (unpaired) electrons. The van der Waals surface area contributed by atoms with E-state index in [9.17, 15) is 0 Å². The van der Waals surface area contributed by atoms with Gasteiger partial charge in [-0.2, -0.15) is 15.6 Å². The van der Waals surface area contributed by atoms with Crippen LogP contribution in [0.4, 0.5) is 0 Å². The van der Waals surface area contributed by atoms with E-state index in [0.717, 1.165) is 0 Å². The molecule has 70 valence electrons. The first-order valence-electron chi connectivity index (χ1n) is 1.46. The SMILES string of the molecule is O=P([O-])([O-])[O-].O=P([O-])([O-])[O-].[Ca+2].[Fe+2].[K+].[Na+]. The van der Waals surface area contributed by atoms with Gasteiger partial charge in [0.2, 0.25) is 0 Å². The molecule has 0 spiro atoms. The van der Waals surface area contributed by atoms with Crippen LogP contribution in [0.15, 0.2) is 0 Å². The second-order valence-corrected chi connectivity index (χ2v) is 2.68. The van der Waals surface area contributed by atoms with E-state index < -0.39 is 15.6 Å². The van der Waals surface area contributed by atoms with Crippen LogP contribution in [0.1, 0.15) is 0 Å². The van der Waals surface area contributed by atoms with Gasteiger partial charge in [0.05, 0.1) is 0 Å². The normalized spacial score (nSPS) is 8.43. The van der Waals surface area contributed by atoms with Crippen molar-refractivity contribution in [1.29, 1.82) is 0 Å². The molecule has 0 aromatic carbocycles. The van der Waals surface area contributed by atoms with Crippen LogP contribution in [-0.2, 0) is 26.2 Å². The van der Waals surface area contributed by atoms with Gasteiger partial charge in [0.25, 0.3) is 0 Å². The van der Waals surface area contributed by atoms with Gasteiger partial charge in [0.15, 0.2) is 0 Å². The molecule has 0 saturated carbocycles. The zero-order chi connectivity index (χ0) is 9.00. The van der Waals surface area contributed by atoms with Crippen LogP contribution in [0.25, 0.3) is 0 Å². The first-order chi connectivity index (χ1) is 4.00. The molecule has 0 N–H and O–H groups in total. The Hall–Kier alpha value is 4.64. The fourth-order valence-electron chi connectivity index (χ4n) is 0. The first kappa shape index (κ1) is 36.3. The van der Waals surface area contributed by atoms with Gasteiger partial charge >= 0.3 is 136 Å². The van der Waals surface area contributed by atoms with E-state index in [1.54, 1.807) is 0 Å². The van der Waals surface area contributed by atoms with E-state index in [2.05, 4.69) is 0 Å². The van der Waals surface area contributed by atoms with Crippen LogP contribution in [-0.4, -0.2) is 37.7 Å². The second-order valence-electron chi connectivity index (χ2n) is 0.894. The average molecular weight is 348 g/mol. The van der Waals surface area contributed by atoms with Crippen molar-refractivity contribution < 1.29 is 137 Å². The fraction of sp³-hybridized carbons (Fsp3) is 0. The molecule has 14 heteroatoms. The Morgan fingerprint density at radius 1 is 0.714 bits per heavy atom. The van der Waals surface area contributed by atoms with Crippen molar-refractivity contribution >= 4 is 53.4 Å². The summed E-state index contributed by atoms with van der Waals surface area (Å²) in [5.41, 5.74) is 0. The van der Waals surface area contributed by atoms with E-state index >= 15 is 0 Å². The number of rotatable bonds is 0. The summed E-state index contributed by atoms with van der Waals surface area (Å²) in [5, 5.41) is 0. The standard InChI is InChI=1S/Ca.Fe.K.Na.2H3O4P/c;;;;2*1-5(2,3)4/h;;;;2*(H3,1,2,3,4)/q2*+2;2*+1;;/p-6. The summed E-state index contributed by atoms with van der Waals surface area (Å²) < 4.78 is 17.1. The predicted octanol–water partition coefficient (Wildman–Crippen LogP) is -12.0. The van der Waals surface area contributed by atoms with Crippen molar-refractivity contribution in [3.8, 4) is 0 Å². The van der Waals surface area contributed by atoms with Gasteiger partial charge in [0.1, 0.15) is 0 Å². The van der Waals surface area contributed by atoms with Crippen molar-refractivity contribution in [1.82, 2.24) is 0 Å². The molecule has 0 saturated heterocycles. The number of hydrogen-bond donors (Lipinski definition) is 0. The Morgan fingerprint density at radius 2 is 0.714 bits per heavy atom. The summed E-state index contributed by atoms with van der Waals surface area (Å²) in [6, 6.07) is 0. The molecule has 0 unspecified atom stereocenters. The minimum atomic E-state index is -5.39. The molecule has 0 fully saturated rings. The maximum atomic E-state index is 8.55. The van der Waals surface area contributed by atoms with Gasteiger partial charge in [-0.15, -0.1) is 0 Å². The Kier molecular flexibility index (Phi) is 45.7. The van der Waals surface area contributed by atoms with Crippen molar-refractivity contribution in [3.05, 3.63) is 0 Å². The number of phosphoric acid groups is 2. The Bertz CT molecular complexity index is 140. The molecule has 8 nitrogen and oxygen atoms in total. The van der Waals surface area contributed by atoms with Crippen molar-refractivity contribution in [2.45, 2.75) is 0 Å². The van der Waals surface area contributed by atoms with Crippen LogP contribution in [0.2, 0.25) is 0 Å². The van der Waals surface area contributed by atoms with Crippen LogP contribution < -0.4 is 110 Å². The molecule has 0 rings (SSSR count). The Balaban J connectivity index is -0.0000000178. The molecular formula is CaFeKNaO8P2. The maximum Gasteiger partial charge on any atom is 2.00 e. The first-order valence-corrected chi connectivity index (χ1v) is 4.38. The van der Waals surface area contributed by atoms with Crippen LogP contribution in [0.5, 0.6) is 0 Å². The third-order valence-electron chi connectivity index (χ3n) is 0. The second kappa shape index (κ2) is 17.6. The zero-order valence-electron chi connectivity index (χ0n) is 7.22. The third kappa shape index (κ3) is 189. The summed E-state index contributed by atoms with van der Waals surface area (Å²) in [6.45, 7) is 0. The van der Waals surface area contributed by atoms with E-state index in [1.807, 2.05) is 0 Å². The van der Waals surface area contributed by atoms with Gasteiger partial charge in [-0.1, -0.05) is 0 Å². The molecule has 0 aliphatic heterocycles. The fourth-order valence-corrected chi connectivity index (χ4v) is 0. The molecular weight excluding hydrogens is 348 g/mol. The molecule has 0 bridgehead atoms. The minimum Gasteiger partial charge on any atom is -0.822 e. The van der Waals surface area contributed by atoms with Gasteiger partial charge in [0, 0.05) is 0 Å². The molecule has 14 heavy (non-hydrogen) atoms. The summed E-state index contributed by atoms with van der Waals surface area (Å²) >= 11 is 0. The largest absolute Gasteiger partial charge is 2.00 e. The topological polar surface area (TPSA) is 172 Å². The van der Waals surface area contributed by atoms with Gasteiger partial charge in [-0.25, -0.2) is 0 Å². The van der Waals surface area contributed by atoms with E-state index in [-0.39, 0.29) is 136 Å². The summed E-state index contributed by atoms with van der Waals surface area (Å²) in [6.07, 6.45) is 0. The quantitative estimate of drug-likeness (QED) is 0.306. The monoisotopic (exact) mass is 348 g/mol. The van der Waals surface area contributed by atoms with E-state index in [1.165, 1.54) is 0 Å². The van der Waals surface area contributed by atoms with Gasteiger partial charge in [-0.05, 0) is 0 Å². The third-order valence-corrected chi connectivity index (χ3v) is 0. The minimum absolute atomic E-state index is 0. The zero-order valence-corrected chi connectivity index (χ0v) is 17.4. The molecule has 0 aromatic rings. The molecule has 0 heterocycles. The molecule has 0 aromatic heterocycles. The molecule has 0 aliphatic carbocycles. The van der Waals surface area contributed by atoms with Crippen molar-refractivity contribution in [2.75, 3.05) is 0 Å². The van der Waals surface area contributed by atoms with Gasteiger partial charge in [-0.3, -0.25) is 0 Å². The number of hydrogen-bond acceptors (Lipinski definition) is 8. The van der Waals surface area contributed by atoms with Crippen molar-refractivity contribution in [2.24, 2.45) is 0 Å². The van der Waals surface area contributed by atoms with Crippen LogP contribution in [0, 0.1) is 0 Å².